The Morgan fingerprint density at radius 1 is 0.933 bits per heavy atom. The van der Waals surface area contributed by atoms with Gasteiger partial charge < -0.3 is 10.1 Å². The third kappa shape index (κ3) is 4.20. The Hall–Kier alpha value is -2.07. The quantitative estimate of drug-likeness (QED) is 0.389. The highest BCUT2D eigenvalue weighted by molar-refractivity contribution is 7.81. The zero-order valence-electron chi connectivity index (χ0n) is 17.0. The molecule has 1 N–H and O–H groups in total. The Morgan fingerprint density at radius 3 is 2.33 bits per heavy atom. The molecule has 0 amide bonds. The molecule has 3 aromatic carbocycles. The zero-order chi connectivity index (χ0) is 21.5. The lowest BCUT2D eigenvalue weighted by atomic mass is 9.85. The van der Waals surface area contributed by atoms with E-state index in [0.717, 1.165) is 39.3 Å². The van der Waals surface area contributed by atoms with E-state index in [2.05, 4.69) is 49.5 Å². The van der Waals surface area contributed by atoms with Crippen LogP contribution < -0.4 is 10.1 Å². The number of methoxy groups -OCH3 is 1. The molecule has 30 heavy (non-hydrogen) atoms. The van der Waals surface area contributed by atoms with Crippen molar-refractivity contribution in [3.05, 3.63) is 87.9 Å². The van der Waals surface area contributed by atoms with Crippen molar-refractivity contribution in [2.24, 2.45) is 0 Å². The average Bonchev–Trinajstić information content (AvgIpc) is 2.71. The summed E-state index contributed by atoms with van der Waals surface area (Å²) in [7, 11) is 1.69. The van der Waals surface area contributed by atoms with E-state index in [1.807, 2.05) is 30.3 Å². The minimum Gasteiger partial charge on any atom is -0.496 e. The van der Waals surface area contributed by atoms with Gasteiger partial charge in [-0.25, -0.2) is 0 Å². The van der Waals surface area contributed by atoms with Crippen molar-refractivity contribution < 1.29 is 4.74 Å². The van der Waals surface area contributed by atoms with Gasteiger partial charge in [-0.15, -0.1) is 0 Å². The van der Waals surface area contributed by atoms with Crippen molar-refractivity contribution in [3.8, 4) is 16.9 Å². The number of hydrogen-bond donors (Lipinski definition) is 2. The molecule has 0 radical (unpaired) electrons. The number of nitrogens with one attached hydrogen (secondary N) is 1. The number of benzene rings is 3. The van der Waals surface area contributed by atoms with Crippen LogP contribution >= 0.6 is 35.8 Å². The summed E-state index contributed by atoms with van der Waals surface area (Å²) < 4.78 is 5.57. The number of rotatable bonds is 4. The molecular weight excluding hydrogens is 433 g/mol. The summed E-state index contributed by atoms with van der Waals surface area (Å²) >= 11 is 17.5. The number of para-hydroxylation sites is 1. The second-order valence-corrected chi connectivity index (χ2v) is 9.40. The summed E-state index contributed by atoms with van der Waals surface area (Å²) in [5, 5.41) is 4.65. The maximum absolute atomic E-state index is 6.26. The molecule has 0 aromatic heterocycles. The van der Waals surface area contributed by atoms with Crippen molar-refractivity contribution in [2.45, 2.75) is 24.6 Å². The molecule has 0 bridgehead atoms. The molecule has 1 atom stereocenters. The molecule has 0 spiro atoms. The molecular formula is C25H23Cl2NOS. The lowest BCUT2D eigenvalue weighted by Crippen LogP contribution is -2.32. The Kier molecular flexibility index (Phi) is 5.80. The van der Waals surface area contributed by atoms with Crippen LogP contribution in [-0.4, -0.2) is 12.6 Å². The van der Waals surface area contributed by atoms with Crippen LogP contribution in [0.3, 0.4) is 0 Å². The van der Waals surface area contributed by atoms with Crippen LogP contribution in [0.5, 0.6) is 5.75 Å². The maximum atomic E-state index is 6.26. The number of fused-ring (bicyclic) bond motifs is 1. The normalized spacial score (nSPS) is 15.6. The van der Waals surface area contributed by atoms with Gasteiger partial charge in [0.25, 0.3) is 0 Å². The number of hydrogen-bond acceptors (Lipinski definition) is 3. The van der Waals surface area contributed by atoms with E-state index in [0.29, 0.717) is 10.0 Å². The summed E-state index contributed by atoms with van der Waals surface area (Å²) in [4.78, 5) is 0. The lowest BCUT2D eigenvalue weighted by molar-refractivity contribution is 0.416. The zero-order valence-corrected chi connectivity index (χ0v) is 19.4. The lowest BCUT2D eigenvalue weighted by Gasteiger charge is -2.34. The topological polar surface area (TPSA) is 21.3 Å². The van der Waals surface area contributed by atoms with E-state index in [1.165, 1.54) is 0 Å². The van der Waals surface area contributed by atoms with Gasteiger partial charge in [0.05, 0.1) is 17.9 Å². The van der Waals surface area contributed by atoms with E-state index >= 15 is 0 Å². The summed E-state index contributed by atoms with van der Waals surface area (Å²) in [6, 6.07) is 20.0. The molecule has 0 fully saturated rings. The second kappa shape index (κ2) is 8.22. The number of ether oxygens (including phenoxy) is 1. The summed E-state index contributed by atoms with van der Waals surface area (Å²) in [5.74, 6) is 0.844. The first-order valence-corrected chi connectivity index (χ1v) is 11.0. The third-order valence-corrected chi connectivity index (χ3v) is 6.23. The van der Waals surface area contributed by atoms with Crippen LogP contribution in [0.25, 0.3) is 16.7 Å². The summed E-state index contributed by atoms with van der Waals surface area (Å²) in [6.07, 6.45) is 2.23. The second-order valence-electron chi connectivity index (χ2n) is 8.01. The maximum Gasteiger partial charge on any atom is 0.126 e. The van der Waals surface area contributed by atoms with E-state index in [1.54, 1.807) is 13.2 Å². The van der Waals surface area contributed by atoms with Crippen LogP contribution in [-0.2, 0) is 0 Å². The molecule has 154 valence electrons. The standard InChI is InChI=1S/C25H23Cl2NOS/c1-25(2)14-21(24(30)16-10-17(26)13-18(27)11-16)20-12-15(8-9-22(20)28-25)19-6-4-5-7-23(19)29-3/h4-14,24,28,30H,1-3H3. The summed E-state index contributed by atoms with van der Waals surface area (Å²) in [5.41, 5.74) is 6.19. The predicted molar refractivity (Wildman–Crippen MR) is 132 cm³/mol. The minimum atomic E-state index is -0.211. The first kappa shape index (κ1) is 21.2. The molecule has 4 rings (SSSR count). The first-order chi connectivity index (χ1) is 14.3. The van der Waals surface area contributed by atoms with Crippen LogP contribution in [0, 0.1) is 0 Å². The van der Waals surface area contributed by atoms with E-state index in [-0.39, 0.29) is 10.8 Å². The fourth-order valence-electron chi connectivity index (χ4n) is 3.93. The highest BCUT2D eigenvalue weighted by atomic mass is 35.5. The molecule has 1 heterocycles. The minimum absolute atomic E-state index is 0.172. The van der Waals surface area contributed by atoms with Crippen molar-refractivity contribution in [1.82, 2.24) is 0 Å². The van der Waals surface area contributed by atoms with Gasteiger partial charge in [0, 0.05) is 26.9 Å². The van der Waals surface area contributed by atoms with E-state index in [9.17, 15) is 0 Å². The Balaban J connectivity index is 1.85. The van der Waals surface area contributed by atoms with Crippen LogP contribution in [0.2, 0.25) is 10.0 Å². The van der Waals surface area contributed by atoms with Gasteiger partial charge in [-0.05, 0) is 66.9 Å². The predicted octanol–water partition coefficient (Wildman–Crippen LogP) is 7.93. The van der Waals surface area contributed by atoms with Crippen molar-refractivity contribution in [3.63, 3.8) is 0 Å². The van der Waals surface area contributed by atoms with Gasteiger partial charge in [-0.2, -0.15) is 12.6 Å². The monoisotopic (exact) mass is 455 g/mol. The number of anilines is 1. The van der Waals surface area contributed by atoms with Crippen LogP contribution in [0.4, 0.5) is 5.69 Å². The molecule has 2 nitrogen and oxygen atoms in total. The van der Waals surface area contributed by atoms with Gasteiger partial charge in [0.15, 0.2) is 0 Å². The van der Waals surface area contributed by atoms with Gasteiger partial charge in [0.1, 0.15) is 5.75 Å². The molecule has 3 aromatic rings. The Bertz CT molecular complexity index is 1120. The van der Waals surface area contributed by atoms with Crippen molar-refractivity contribution in [2.75, 3.05) is 12.4 Å². The summed E-state index contributed by atoms with van der Waals surface area (Å²) in [6.45, 7) is 4.30. The fraction of sp³-hybridized carbons (Fsp3) is 0.200. The first-order valence-electron chi connectivity index (χ1n) is 9.70. The van der Waals surface area contributed by atoms with Gasteiger partial charge >= 0.3 is 0 Å². The number of halogens is 2. The van der Waals surface area contributed by atoms with Crippen LogP contribution in [0.15, 0.2) is 66.7 Å². The van der Waals surface area contributed by atoms with Crippen molar-refractivity contribution in [1.29, 1.82) is 0 Å². The van der Waals surface area contributed by atoms with Gasteiger partial charge in [-0.1, -0.05) is 53.5 Å². The third-order valence-electron chi connectivity index (χ3n) is 5.22. The molecule has 1 unspecified atom stereocenters. The molecule has 0 saturated heterocycles. The Labute approximate surface area is 193 Å². The van der Waals surface area contributed by atoms with E-state index < -0.39 is 0 Å². The molecule has 0 saturated carbocycles. The smallest absolute Gasteiger partial charge is 0.126 e. The largest absolute Gasteiger partial charge is 0.496 e. The van der Waals surface area contributed by atoms with Gasteiger partial charge in [-0.3, -0.25) is 0 Å². The van der Waals surface area contributed by atoms with E-state index in [4.69, 9.17) is 40.6 Å². The van der Waals surface area contributed by atoms with Crippen LogP contribution in [0.1, 0.15) is 30.2 Å². The fourth-order valence-corrected chi connectivity index (χ4v) is 4.84. The average molecular weight is 456 g/mol. The highest BCUT2D eigenvalue weighted by Crippen LogP contribution is 2.46. The Morgan fingerprint density at radius 2 is 1.63 bits per heavy atom. The molecule has 0 aliphatic carbocycles. The highest BCUT2D eigenvalue weighted by Gasteiger charge is 2.28. The number of thiol groups is 1. The van der Waals surface area contributed by atoms with Crippen molar-refractivity contribution >= 4 is 47.1 Å². The van der Waals surface area contributed by atoms with Gasteiger partial charge in [0.2, 0.25) is 0 Å². The SMILES string of the molecule is COc1ccccc1-c1ccc2c(c1)C(C(S)c1cc(Cl)cc(Cl)c1)=CC(C)(C)N2. The molecule has 5 heteroatoms. The molecule has 1 aliphatic heterocycles. The molecule has 1 aliphatic rings.